The molecule has 0 saturated carbocycles. The van der Waals surface area contributed by atoms with Crippen LogP contribution >= 0.6 is 0 Å². The Morgan fingerprint density at radius 1 is 1.09 bits per heavy atom. The number of rotatable bonds is 9. The molecular weight excluding hydrogens is 432 g/mol. The minimum atomic E-state index is -0.476. The van der Waals surface area contributed by atoms with Gasteiger partial charge in [0.2, 0.25) is 11.8 Å². The van der Waals surface area contributed by atoms with E-state index in [9.17, 15) is 14.4 Å². The lowest BCUT2D eigenvalue weighted by atomic mass is 9.83. The molecule has 0 bridgehead atoms. The number of ether oxygens (including phenoxy) is 2. The molecule has 0 aliphatic carbocycles. The fraction of sp³-hybridized carbons (Fsp3) is 0.370. The highest BCUT2D eigenvalue weighted by atomic mass is 16.5. The van der Waals surface area contributed by atoms with E-state index in [0.717, 1.165) is 11.1 Å². The van der Waals surface area contributed by atoms with E-state index in [0.29, 0.717) is 23.6 Å². The summed E-state index contributed by atoms with van der Waals surface area (Å²) in [7, 11) is 0. The van der Waals surface area contributed by atoms with Gasteiger partial charge in [0.15, 0.2) is 0 Å². The largest absolute Gasteiger partial charge is 0.489 e. The molecule has 1 atom stereocenters. The average Bonchev–Trinajstić information content (AvgIpc) is 2.80. The predicted octanol–water partition coefficient (Wildman–Crippen LogP) is 3.94. The van der Waals surface area contributed by atoms with E-state index in [1.807, 2.05) is 68.4 Å². The molecule has 1 unspecified atom stereocenters. The molecule has 0 spiro atoms. The lowest BCUT2D eigenvalue weighted by molar-refractivity contribution is -0.141. The van der Waals surface area contributed by atoms with Gasteiger partial charge in [-0.15, -0.1) is 0 Å². The molecule has 1 N–H and O–H groups in total. The molecular formula is C27H32N2O5. The van der Waals surface area contributed by atoms with Gasteiger partial charge in [0.1, 0.15) is 18.9 Å². The van der Waals surface area contributed by atoms with Gasteiger partial charge in [0.05, 0.1) is 12.2 Å². The van der Waals surface area contributed by atoms with Gasteiger partial charge in [0.25, 0.3) is 0 Å². The van der Waals surface area contributed by atoms with Crippen molar-refractivity contribution in [1.82, 2.24) is 10.2 Å². The third-order valence-corrected chi connectivity index (χ3v) is 5.60. The molecule has 180 valence electrons. The third-order valence-electron chi connectivity index (χ3n) is 5.60. The highest BCUT2D eigenvalue weighted by Crippen LogP contribution is 2.37. The average molecular weight is 465 g/mol. The van der Waals surface area contributed by atoms with Crippen LogP contribution in [-0.2, 0) is 25.7 Å². The molecule has 1 aliphatic heterocycles. The lowest BCUT2D eigenvalue weighted by Crippen LogP contribution is -2.45. The van der Waals surface area contributed by atoms with Crippen LogP contribution in [-0.4, -0.2) is 41.9 Å². The second-order valence-corrected chi connectivity index (χ2v) is 8.52. The summed E-state index contributed by atoms with van der Waals surface area (Å²) in [6.45, 7) is 7.67. The van der Waals surface area contributed by atoms with Gasteiger partial charge in [-0.25, -0.2) is 4.79 Å². The molecule has 2 aromatic carbocycles. The minimum Gasteiger partial charge on any atom is -0.489 e. The Labute approximate surface area is 200 Å². The topological polar surface area (TPSA) is 84.9 Å². The molecule has 7 nitrogen and oxygen atoms in total. The van der Waals surface area contributed by atoms with Gasteiger partial charge in [-0.05, 0) is 51.0 Å². The van der Waals surface area contributed by atoms with Crippen molar-refractivity contribution >= 4 is 17.8 Å². The fourth-order valence-electron chi connectivity index (χ4n) is 4.01. The van der Waals surface area contributed by atoms with Crippen molar-refractivity contribution in [2.45, 2.75) is 52.7 Å². The van der Waals surface area contributed by atoms with E-state index in [1.165, 1.54) is 4.90 Å². The second kappa shape index (κ2) is 11.5. The van der Waals surface area contributed by atoms with Crippen molar-refractivity contribution in [3.8, 4) is 5.75 Å². The molecule has 0 radical (unpaired) electrons. The Kier molecular flexibility index (Phi) is 8.46. The Bertz CT molecular complexity index is 1040. The van der Waals surface area contributed by atoms with Crippen LogP contribution in [0, 0.1) is 0 Å². The monoisotopic (exact) mass is 464 g/mol. The van der Waals surface area contributed by atoms with Crippen LogP contribution in [0.5, 0.6) is 5.75 Å². The Morgan fingerprint density at radius 3 is 2.38 bits per heavy atom. The first-order valence-corrected chi connectivity index (χ1v) is 11.5. The first-order valence-electron chi connectivity index (χ1n) is 11.5. The quantitative estimate of drug-likeness (QED) is 0.568. The molecule has 0 saturated heterocycles. The summed E-state index contributed by atoms with van der Waals surface area (Å²) >= 11 is 0. The van der Waals surface area contributed by atoms with Crippen LogP contribution in [0.4, 0.5) is 0 Å². The summed E-state index contributed by atoms with van der Waals surface area (Å²) < 4.78 is 11.2. The number of carbonyl (C=O) groups is 3. The van der Waals surface area contributed by atoms with Gasteiger partial charge in [-0.3, -0.25) is 9.59 Å². The van der Waals surface area contributed by atoms with Crippen LogP contribution in [0.1, 0.15) is 51.2 Å². The zero-order chi connectivity index (χ0) is 24.7. The molecule has 2 amide bonds. The molecule has 1 heterocycles. The van der Waals surface area contributed by atoms with Crippen LogP contribution in [0.25, 0.3) is 0 Å². The van der Waals surface area contributed by atoms with Gasteiger partial charge in [-0.2, -0.15) is 0 Å². The van der Waals surface area contributed by atoms with Crippen molar-refractivity contribution in [3.63, 3.8) is 0 Å². The number of hydrogen-bond donors (Lipinski definition) is 1. The number of esters is 1. The Balaban J connectivity index is 1.83. The van der Waals surface area contributed by atoms with E-state index in [2.05, 4.69) is 5.32 Å². The maximum atomic E-state index is 13.0. The highest BCUT2D eigenvalue weighted by Gasteiger charge is 2.37. The summed E-state index contributed by atoms with van der Waals surface area (Å²) in [6, 6.07) is 17.2. The summed E-state index contributed by atoms with van der Waals surface area (Å²) in [4.78, 5) is 39.6. The molecule has 34 heavy (non-hydrogen) atoms. The number of hydrogen-bond acceptors (Lipinski definition) is 5. The lowest BCUT2D eigenvalue weighted by Gasteiger charge is -2.34. The smallest absolute Gasteiger partial charge is 0.336 e. The number of allylic oxidation sites excluding steroid dienone is 1. The van der Waals surface area contributed by atoms with Gasteiger partial charge >= 0.3 is 5.97 Å². The van der Waals surface area contributed by atoms with Crippen molar-refractivity contribution in [2.24, 2.45) is 0 Å². The standard InChI is InChI=1S/C27H32N2O5/c1-5-33-27(32)26-19(4)29(16-24(30)28-18(2)3)25(31)15-23(26)21-11-13-22(14-12-21)34-17-20-9-7-6-8-10-20/h6-14,18,23H,5,15-17H2,1-4H3,(H,28,30). The molecule has 2 aromatic rings. The molecule has 1 aliphatic rings. The van der Waals surface area contributed by atoms with Crippen LogP contribution in [0.2, 0.25) is 0 Å². The summed E-state index contributed by atoms with van der Waals surface area (Å²) in [5, 5.41) is 2.79. The van der Waals surface area contributed by atoms with Crippen LogP contribution in [0.3, 0.4) is 0 Å². The highest BCUT2D eigenvalue weighted by molar-refractivity contribution is 5.97. The fourth-order valence-corrected chi connectivity index (χ4v) is 4.01. The summed E-state index contributed by atoms with van der Waals surface area (Å²) in [5.74, 6) is -0.724. The van der Waals surface area contributed by atoms with Crippen molar-refractivity contribution in [3.05, 3.63) is 77.0 Å². The van der Waals surface area contributed by atoms with E-state index in [-0.39, 0.29) is 37.4 Å². The third kappa shape index (κ3) is 6.25. The summed E-state index contributed by atoms with van der Waals surface area (Å²) in [6.07, 6.45) is 0.0741. The van der Waals surface area contributed by atoms with Crippen molar-refractivity contribution < 1.29 is 23.9 Å². The van der Waals surface area contributed by atoms with E-state index < -0.39 is 11.9 Å². The molecule has 7 heteroatoms. The zero-order valence-electron chi connectivity index (χ0n) is 20.2. The van der Waals surface area contributed by atoms with E-state index in [4.69, 9.17) is 9.47 Å². The Morgan fingerprint density at radius 2 is 1.76 bits per heavy atom. The number of amides is 2. The Hall–Kier alpha value is -3.61. The number of benzene rings is 2. The normalized spacial score (nSPS) is 16.0. The second-order valence-electron chi connectivity index (χ2n) is 8.52. The molecule has 0 fully saturated rings. The molecule has 3 rings (SSSR count). The van der Waals surface area contributed by atoms with Gasteiger partial charge < -0.3 is 19.7 Å². The maximum Gasteiger partial charge on any atom is 0.336 e. The van der Waals surface area contributed by atoms with Crippen molar-refractivity contribution in [1.29, 1.82) is 0 Å². The number of nitrogens with zero attached hydrogens (tertiary/aromatic N) is 1. The first-order chi connectivity index (χ1) is 16.3. The van der Waals surface area contributed by atoms with Gasteiger partial charge in [0, 0.05) is 24.1 Å². The number of nitrogens with one attached hydrogen (secondary N) is 1. The van der Waals surface area contributed by atoms with E-state index in [1.54, 1.807) is 13.8 Å². The van der Waals surface area contributed by atoms with E-state index >= 15 is 0 Å². The first kappa shape index (κ1) is 25.0. The van der Waals surface area contributed by atoms with Gasteiger partial charge in [-0.1, -0.05) is 42.5 Å². The maximum absolute atomic E-state index is 13.0. The van der Waals surface area contributed by atoms with Crippen LogP contribution < -0.4 is 10.1 Å². The predicted molar refractivity (Wildman–Crippen MR) is 129 cm³/mol. The SMILES string of the molecule is CCOC(=O)C1=C(C)N(CC(=O)NC(C)C)C(=O)CC1c1ccc(OCc2ccccc2)cc1. The zero-order valence-corrected chi connectivity index (χ0v) is 20.2. The molecule has 0 aromatic heterocycles. The number of carbonyl (C=O) groups excluding carboxylic acids is 3. The van der Waals surface area contributed by atoms with Crippen molar-refractivity contribution in [2.75, 3.05) is 13.2 Å². The summed E-state index contributed by atoms with van der Waals surface area (Å²) in [5.41, 5.74) is 2.73. The minimum absolute atomic E-state index is 0.0448. The van der Waals surface area contributed by atoms with Crippen LogP contribution in [0.15, 0.2) is 65.9 Å².